The molecule has 2 N–H and O–H groups in total. The van der Waals surface area contributed by atoms with E-state index in [1.54, 1.807) is 12.1 Å². The summed E-state index contributed by atoms with van der Waals surface area (Å²) in [7, 11) is 0. The van der Waals surface area contributed by atoms with Gasteiger partial charge in [-0.3, -0.25) is 14.5 Å². The number of anilines is 2. The molecular weight excluding hydrogens is 310 g/mol. The number of nitrogen functional groups attached to an aromatic ring is 1. The molecule has 1 aromatic rings. The maximum absolute atomic E-state index is 12.7. The predicted octanol–water partition coefficient (Wildman–Crippen LogP) is 2.15. The van der Waals surface area contributed by atoms with Gasteiger partial charge in [-0.25, -0.2) is 4.98 Å². The Hall–Kier alpha value is -2.31. The van der Waals surface area contributed by atoms with Crippen molar-refractivity contribution in [2.24, 2.45) is 5.92 Å². The van der Waals surface area contributed by atoms with Crippen LogP contribution in [0.4, 0.5) is 11.6 Å². The van der Waals surface area contributed by atoms with Gasteiger partial charge in [0.25, 0.3) is 5.91 Å². The lowest BCUT2D eigenvalue weighted by molar-refractivity contribution is -0.144. The van der Waals surface area contributed by atoms with Gasteiger partial charge >= 0.3 is 5.97 Å². The number of amides is 1. The van der Waals surface area contributed by atoms with Crippen LogP contribution in [0.25, 0.3) is 0 Å². The Balaban J connectivity index is 2.15. The third kappa shape index (κ3) is 4.15. The minimum absolute atomic E-state index is 0.0359. The fourth-order valence-electron chi connectivity index (χ4n) is 2.47. The first-order valence-electron chi connectivity index (χ1n) is 8.34. The number of unbranched alkanes of at least 4 members (excludes halogenated alkanes) is 2. The van der Waals surface area contributed by atoms with Crippen molar-refractivity contribution in [1.82, 2.24) is 4.98 Å². The van der Waals surface area contributed by atoms with E-state index >= 15 is 0 Å². The lowest BCUT2D eigenvalue weighted by Gasteiger charge is -2.34. The monoisotopic (exact) mass is 335 g/mol. The molecule has 0 bridgehead atoms. The molecule has 2 rings (SSSR count). The maximum Gasteiger partial charge on any atom is 0.326 e. The topological polar surface area (TPSA) is 94.8 Å². The van der Waals surface area contributed by atoms with Gasteiger partial charge in [-0.05, 0) is 24.5 Å². The quantitative estimate of drug-likeness (QED) is 0.606. The molecule has 132 valence electrons. The van der Waals surface area contributed by atoms with Crippen molar-refractivity contribution in [2.45, 2.75) is 46.1 Å². The molecule has 1 amide bonds. The second kappa shape index (κ2) is 7.99. The van der Waals surface area contributed by atoms with E-state index in [2.05, 4.69) is 11.9 Å². The number of fused-ring (bicyclic) bond motifs is 1. The van der Waals surface area contributed by atoms with Crippen LogP contribution in [0.2, 0.25) is 0 Å². The van der Waals surface area contributed by atoms with Crippen LogP contribution in [0.15, 0.2) is 12.1 Å². The Kier molecular flexibility index (Phi) is 6.00. The number of nitrogens with two attached hydrogens (primary N) is 1. The van der Waals surface area contributed by atoms with E-state index in [9.17, 15) is 9.59 Å². The van der Waals surface area contributed by atoms with Gasteiger partial charge in [-0.15, -0.1) is 0 Å². The number of carbonyl (C=O) groups is 2. The van der Waals surface area contributed by atoms with Gasteiger partial charge in [0.2, 0.25) is 0 Å². The number of rotatable bonds is 7. The SMILES string of the molecule is CCCCCOC(=O)CN1C(=O)C(C(C)C)Oc2ccc(N)nc21. The highest BCUT2D eigenvalue weighted by atomic mass is 16.5. The molecule has 0 spiro atoms. The first-order chi connectivity index (χ1) is 11.4. The van der Waals surface area contributed by atoms with Crippen molar-refractivity contribution in [1.29, 1.82) is 0 Å². The van der Waals surface area contributed by atoms with Crippen molar-refractivity contribution >= 4 is 23.5 Å². The molecule has 0 aromatic carbocycles. The molecule has 7 heteroatoms. The van der Waals surface area contributed by atoms with Crippen LogP contribution in [0.5, 0.6) is 5.75 Å². The average Bonchev–Trinajstić information content (AvgIpc) is 2.54. The summed E-state index contributed by atoms with van der Waals surface area (Å²) in [6.45, 7) is 6.02. The Morgan fingerprint density at radius 3 is 2.83 bits per heavy atom. The number of carbonyl (C=O) groups excluding carboxylic acids is 2. The van der Waals surface area contributed by atoms with Crippen molar-refractivity contribution < 1.29 is 19.1 Å². The zero-order valence-corrected chi connectivity index (χ0v) is 14.4. The average molecular weight is 335 g/mol. The van der Waals surface area contributed by atoms with E-state index in [1.807, 2.05) is 13.8 Å². The molecule has 1 atom stereocenters. The Morgan fingerprint density at radius 1 is 1.42 bits per heavy atom. The molecule has 1 aliphatic heterocycles. The molecule has 0 aliphatic carbocycles. The number of pyridine rings is 1. The van der Waals surface area contributed by atoms with Gasteiger partial charge in [0.15, 0.2) is 17.7 Å². The Labute approximate surface area is 142 Å². The van der Waals surface area contributed by atoms with E-state index in [4.69, 9.17) is 15.2 Å². The lowest BCUT2D eigenvalue weighted by atomic mass is 10.0. The predicted molar refractivity (Wildman–Crippen MR) is 90.7 cm³/mol. The fourth-order valence-corrected chi connectivity index (χ4v) is 2.47. The van der Waals surface area contributed by atoms with Crippen LogP contribution >= 0.6 is 0 Å². The molecule has 0 saturated carbocycles. The van der Waals surface area contributed by atoms with Gasteiger partial charge in [0.1, 0.15) is 12.4 Å². The van der Waals surface area contributed by atoms with Crippen LogP contribution in [0.3, 0.4) is 0 Å². The second-order valence-electron chi connectivity index (χ2n) is 6.19. The molecule has 1 aliphatic rings. The molecular formula is C17H25N3O4. The molecule has 0 fully saturated rings. The number of hydrogen-bond acceptors (Lipinski definition) is 6. The number of hydrogen-bond donors (Lipinski definition) is 1. The molecule has 1 aromatic heterocycles. The first-order valence-corrected chi connectivity index (χ1v) is 8.34. The second-order valence-corrected chi connectivity index (χ2v) is 6.19. The summed E-state index contributed by atoms with van der Waals surface area (Å²) in [5.74, 6) is 0.171. The number of esters is 1. The normalized spacial score (nSPS) is 16.8. The van der Waals surface area contributed by atoms with Crippen molar-refractivity contribution in [3.63, 3.8) is 0 Å². The van der Waals surface area contributed by atoms with Gasteiger partial charge in [0, 0.05) is 0 Å². The van der Waals surface area contributed by atoms with Crippen molar-refractivity contribution in [3.05, 3.63) is 12.1 Å². The fraction of sp³-hybridized carbons (Fsp3) is 0.588. The van der Waals surface area contributed by atoms with Crippen LogP contribution in [0, 0.1) is 5.92 Å². The van der Waals surface area contributed by atoms with E-state index in [1.165, 1.54) is 4.90 Å². The highest BCUT2D eigenvalue weighted by Gasteiger charge is 2.38. The largest absolute Gasteiger partial charge is 0.476 e. The first kappa shape index (κ1) is 18.0. The van der Waals surface area contributed by atoms with Crippen LogP contribution in [-0.2, 0) is 14.3 Å². The number of ether oxygens (including phenoxy) is 2. The molecule has 7 nitrogen and oxygen atoms in total. The summed E-state index contributed by atoms with van der Waals surface area (Å²) < 4.78 is 10.9. The summed E-state index contributed by atoms with van der Waals surface area (Å²) in [6, 6.07) is 3.27. The van der Waals surface area contributed by atoms with Crippen LogP contribution in [-0.4, -0.2) is 36.1 Å². The smallest absolute Gasteiger partial charge is 0.326 e. The third-order valence-corrected chi connectivity index (χ3v) is 3.78. The van der Waals surface area contributed by atoms with Crippen LogP contribution in [0.1, 0.15) is 40.0 Å². The zero-order chi connectivity index (χ0) is 17.7. The standard InChI is InChI=1S/C17H25N3O4/c1-4-5-6-9-23-14(21)10-20-16-12(7-8-13(18)19-16)24-15(11(2)3)17(20)22/h7-8,11,15H,4-6,9-10H2,1-3H3,(H2,18,19). The van der Waals surface area contributed by atoms with Crippen molar-refractivity contribution in [3.8, 4) is 5.75 Å². The zero-order valence-electron chi connectivity index (χ0n) is 14.4. The maximum atomic E-state index is 12.7. The summed E-state index contributed by atoms with van der Waals surface area (Å²) in [5, 5.41) is 0. The molecule has 24 heavy (non-hydrogen) atoms. The third-order valence-electron chi connectivity index (χ3n) is 3.78. The molecule has 1 unspecified atom stereocenters. The van der Waals surface area contributed by atoms with Gasteiger partial charge in [-0.1, -0.05) is 33.6 Å². The summed E-state index contributed by atoms with van der Waals surface area (Å²) >= 11 is 0. The van der Waals surface area contributed by atoms with Gasteiger partial charge < -0.3 is 15.2 Å². The Bertz CT molecular complexity index is 603. The van der Waals surface area contributed by atoms with Gasteiger partial charge in [-0.2, -0.15) is 0 Å². The number of nitrogens with zero attached hydrogens (tertiary/aromatic N) is 2. The van der Waals surface area contributed by atoms with E-state index in [-0.39, 0.29) is 30.0 Å². The molecule has 2 heterocycles. The van der Waals surface area contributed by atoms with E-state index in [0.717, 1.165) is 19.3 Å². The summed E-state index contributed by atoms with van der Waals surface area (Å²) in [6.07, 6.45) is 2.21. The highest BCUT2D eigenvalue weighted by Crippen LogP contribution is 2.34. The number of aromatic nitrogens is 1. The van der Waals surface area contributed by atoms with E-state index in [0.29, 0.717) is 12.4 Å². The van der Waals surface area contributed by atoms with E-state index < -0.39 is 12.1 Å². The molecule has 0 radical (unpaired) electrons. The Morgan fingerprint density at radius 2 is 2.17 bits per heavy atom. The van der Waals surface area contributed by atoms with Crippen LogP contribution < -0.4 is 15.4 Å². The lowest BCUT2D eigenvalue weighted by Crippen LogP contribution is -2.50. The molecule has 0 saturated heterocycles. The summed E-state index contributed by atoms with van der Waals surface area (Å²) in [4.78, 5) is 30.2. The summed E-state index contributed by atoms with van der Waals surface area (Å²) in [5.41, 5.74) is 5.71. The van der Waals surface area contributed by atoms with Gasteiger partial charge in [0.05, 0.1) is 6.61 Å². The highest BCUT2D eigenvalue weighted by molar-refractivity contribution is 6.02. The minimum Gasteiger partial charge on any atom is -0.476 e. The minimum atomic E-state index is -0.657. The van der Waals surface area contributed by atoms with Crippen molar-refractivity contribution in [2.75, 3.05) is 23.8 Å².